The molecule has 0 aromatic carbocycles. The lowest BCUT2D eigenvalue weighted by molar-refractivity contribution is 0.0733. The van der Waals surface area contributed by atoms with E-state index in [2.05, 4.69) is 4.90 Å². The van der Waals surface area contributed by atoms with Crippen LogP contribution in [0.25, 0.3) is 0 Å². The number of hydrogen-bond acceptors (Lipinski definition) is 3. The van der Waals surface area contributed by atoms with Gasteiger partial charge in [0.25, 0.3) is 11.5 Å². The first-order valence-electron chi connectivity index (χ1n) is 10.2. The first-order valence-corrected chi connectivity index (χ1v) is 10.2. The number of fused-ring (bicyclic) bond motifs is 4. The Morgan fingerprint density at radius 3 is 2.58 bits per heavy atom. The van der Waals surface area contributed by atoms with Gasteiger partial charge in [-0.2, -0.15) is 0 Å². The molecule has 1 aromatic heterocycles. The van der Waals surface area contributed by atoms with Crippen molar-refractivity contribution in [3.05, 3.63) is 33.2 Å². The maximum Gasteiger partial charge on any atom is 0.263 e. The second kappa shape index (κ2) is 6.84. The lowest BCUT2D eigenvalue weighted by Crippen LogP contribution is -2.45. The Hall–Kier alpha value is -1.62. The highest BCUT2D eigenvalue weighted by Crippen LogP contribution is 2.35. The fourth-order valence-corrected chi connectivity index (χ4v) is 4.94. The molecule has 0 unspecified atom stereocenters. The summed E-state index contributed by atoms with van der Waals surface area (Å²) in [5.74, 6) is 1.38. The van der Waals surface area contributed by atoms with Crippen LogP contribution < -0.4 is 5.56 Å². The molecule has 142 valence electrons. The molecule has 3 saturated heterocycles. The van der Waals surface area contributed by atoms with Crippen molar-refractivity contribution in [1.82, 2.24) is 14.4 Å². The van der Waals surface area contributed by atoms with Crippen LogP contribution in [-0.2, 0) is 6.54 Å². The predicted molar refractivity (Wildman–Crippen MR) is 103 cm³/mol. The maximum atomic E-state index is 13.3. The second-order valence-corrected chi connectivity index (χ2v) is 8.60. The SMILES string of the molecule is CCn1c(C)cc(C)c(C(=O)N2C[C@H]3CC[C@@H](C2)N(CC2CC2)C3)c1=O. The molecule has 4 aliphatic rings. The van der Waals surface area contributed by atoms with Crippen LogP contribution in [0.3, 0.4) is 0 Å². The van der Waals surface area contributed by atoms with E-state index < -0.39 is 0 Å². The first-order chi connectivity index (χ1) is 12.5. The molecule has 1 aromatic rings. The maximum absolute atomic E-state index is 13.3. The van der Waals surface area contributed by atoms with Crippen LogP contribution in [0, 0.1) is 25.7 Å². The highest BCUT2D eigenvalue weighted by Gasteiger charge is 2.39. The normalized spacial score (nSPS) is 26.2. The summed E-state index contributed by atoms with van der Waals surface area (Å²) in [6.45, 7) is 10.3. The molecular weight excluding hydrogens is 326 g/mol. The van der Waals surface area contributed by atoms with Crippen LogP contribution in [0.1, 0.15) is 54.2 Å². The number of carbonyl (C=O) groups is 1. The van der Waals surface area contributed by atoms with E-state index in [1.54, 1.807) is 4.57 Å². The minimum absolute atomic E-state index is 0.0557. The summed E-state index contributed by atoms with van der Waals surface area (Å²) < 4.78 is 1.71. The summed E-state index contributed by atoms with van der Waals surface area (Å²) >= 11 is 0. The number of aromatic nitrogens is 1. The zero-order valence-electron chi connectivity index (χ0n) is 16.3. The number of hydrogen-bond donors (Lipinski definition) is 0. The first kappa shape index (κ1) is 17.8. The van der Waals surface area contributed by atoms with Crippen molar-refractivity contribution in [3.63, 3.8) is 0 Å². The number of amides is 1. The Morgan fingerprint density at radius 2 is 1.88 bits per heavy atom. The Balaban J connectivity index is 1.60. The average molecular weight is 357 g/mol. The van der Waals surface area contributed by atoms with Gasteiger partial charge in [0.1, 0.15) is 5.56 Å². The van der Waals surface area contributed by atoms with Gasteiger partial charge in [-0.1, -0.05) is 0 Å². The van der Waals surface area contributed by atoms with Crippen LogP contribution in [-0.4, -0.2) is 52.5 Å². The van der Waals surface area contributed by atoms with Crippen LogP contribution in [0.2, 0.25) is 0 Å². The molecule has 2 atom stereocenters. The van der Waals surface area contributed by atoms with Gasteiger partial charge in [-0.05, 0) is 69.9 Å². The molecule has 3 aliphatic heterocycles. The fourth-order valence-electron chi connectivity index (χ4n) is 4.94. The van der Waals surface area contributed by atoms with Gasteiger partial charge in [-0.3, -0.25) is 14.5 Å². The summed E-state index contributed by atoms with van der Waals surface area (Å²) in [7, 11) is 0. The number of piperidine rings is 1. The zero-order chi connectivity index (χ0) is 18.4. The van der Waals surface area contributed by atoms with Crippen molar-refractivity contribution in [2.45, 2.75) is 59.0 Å². The minimum atomic E-state index is -0.124. The number of rotatable bonds is 4. The quantitative estimate of drug-likeness (QED) is 0.831. The van der Waals surface area contributed by atoms with Gasteiger partial charge in [-0.15, -0.1) is 0 Å². The molecule has 5 rings (SSSR count). The van der Waals surface area contributed by atoms with E-state index >= 15 is 0 Å². The molecule has 1 aliphatic carbocycles. The third-order valence-electron chi connectivity index (χ3n) is 6.54. The Labute approximate surface area is 156 Å². The van der Waals surface area contributed by atoms with Gasteiger partial charge in [-0.25, -0.2) is 0 Å². The summed E-state index contributed by atoms with van der Waals surface area (Å²) in [5.41, 5.74) is 2.00. The van der Waals surface area contributed by atoms with Crippen molar-refractivity contribution in [1.29, 1.82) is 0 Å². The van der Waals surface area contributed by atoms with Crippen molar-refractivity contribution in [3.8, 4) is 0 Å². The number of aryl methyl sites for hydroxylation is 2. The van der Waals surface area contributed by atoms with Crippen LogP contribution in [0.4, 0.5) is 0 Å². The summed E-state index contributed by atoms with van der Waals surface area (Å²) in [6, 6.07) is 2.45. The number of nitrogens with zero attached hydrogens (tertiary/aromatic N) is 3. The van der Waals surface area contributed by atoms with E-state index in [9.17, 15) is 9.59 Å². The largest absolute Gasteiger partial charge is 0.337 e. The topological polar surface area (TPSA) is 45.6 Å². The molecule has 4 heterocycles. The van der Waals surface area contributed by atoms with Gasteiger partial charge in [0.2, 0.25) is 0 Å². The second-order valence-electron chi connectivity index (χ2n) is 8.60. The predicted octanol–water partition coefficient (Wildman–Crippen LogP) is 2.43. The number of carbonyl (C=O) groups excluding carboxylic acids is 1. The smallest absolute Gasteiger partial charge is 0.263 e. The van der Waals surface area contributed by atoms with E-state index in [4.69, 9.17) is 0 Å². The highest BCUT2D eigenvalue weighted by atomic mass is 16.2. The molecule has 0 N–H and O–H groups in total. The lowest BCUT2D eigenvalue weighted by atomic mass is 9.95. The summed E-state index contributed by atoms with van der Waals surface area (Å²) in [4.78, 5) is 30.9. The molecule has 1 saturated carbocycles. The van der Waals surface area contributed by atoms with Crippen molar-refractivity contribution < 1.29 is 4.79 Å². The summed E-state index contributed by atoms with van der Waals surface area (Å²) in [6.07, 6.45) is 5.14. The Morgan fingerprint density at radius 1 is 1.12 bits per heavy atom. The van der Waals surface area contributed by atoms with Gasteiger partial charge in [0.05, 0.1) is 0 Å². The van der Waals surface area contributed by atoms with Gasteiger partial charge in [0.15, 0.2) is 0 Å². The van der Waals surface area contributed by atoms with Crippen LogP contribution in [0.15, 0.2) is 10.9 Å². The standard InChI is InChI=1S/C21H31N3O2/c1-4-24-15(3)9-14(2)19(21(24)26)20(25)23-12-17-7-8-18(13-23)22(11-17)10-16-5-6-16/h9,16-18H,4-8,10-13H2,1-3H3/t17-,18-/m0/s1. The van der Waals surface area contributed by atoms with Crippen LogP contribution in [0.5, 0.6) is 0 Å². The molecule has 5 heteroatoms. The molecule has 1 amide bonds. The third-order valence-corrected chi connectivity index (χ3v) is 6.54. The fraction of sp³-hybridized carbons (Fsp3) is 0.714. The lowest BCUT2D eigenvalue weighted by Gasteiger charge is -2.36. The van der Waals surface area contributed by atoms with Gasteiger partial charge >= 0.3 is 0 Å². The molecule has 2 bridgehead atoms. The van der Waals surface area contributed by atoms with E-state index in [0.29, 0.717) is 24.1 Å². The summed E-state index contributed by atoms with van der Waals surface area (Å²) in [5, 5.41) is 0. The van der Waals surface area contributed by atoms with Crippen LogP contribution >= 0.6 is 0 Å². The molecule has 0 spiro atoms. The molecule has 0 radical (unpaired) electrons. The number of pyridine rings is 1. The highest BCUT2D eigenvalue weighted by molar-refractivity contribution is 5.95. The monoisotopic (exact) mass is 357 g/mol. The molecular formula is C21H31N3O2. The Bertz CT molecular complexity index is 765. The van der Waals surface area contributed by atoms with E-state index in [1.807, 2.05) is 31.7 Å². The van der Waals surface area contributed by atoms with Crippen molar-refractivity contribution in [2.24, 2.45) is 11.8 Å². The van der Waals surface area contributed by atoms with Gasteiger partial charge in [0, 0.05) is 44.5 Å². The molecule has 4 fully saturated rings. The van der Waals surface area contributed by atoms with E-state index in [0.717, 1.165) is 36.8 Å². The zero-order valence-corrected chi connectivity index (χ0v) is 16.3. The van der Waals surface area contributed by atoms with Gasteiger partial charge < -0.3 is 9.47 Å². The molecule has 5 nitrogen and oxygen atoms in total. The average Bonchev–Trinajstić information content (AvgIpc) is 3.42. The van der Waals surface area contributed by atoms with Crippen molar-refractivity contribution >= 4 is 5.91 Å². The Kier molecular flexibility index (Phi) is 4.68. The third kappa shape index (κ3) is 3.22. The van der Waals surface area contributed by atoms with E-state index in [1.165, 1.54) is 32.2 Å². The van der Waals surface area contributed by atoms with E-state index in [-0.39, 0.29) is 11.5 Å². The minimum Gasteiger partial charge on any atom is -0.337 e. The molecule has 26 heavy (non-hydrogen) atoms. The van der Waals surface area contributed by atoms with Crippen molar-refractivity contribution in [2.75, 3.05) is 26.2 Å².